The van der Waals surface area contributed by atoms with Gasteiger partial charge in [0, 0.05) is 5.56 Å². The van der Waals surface area contributed by atoms with E-state index in [4.69, 9.17) is 11.6 Å². The number of hydrogen-bond donors (Lipinski definition) is 0. The van der Waals surface area contributed by atoms with Gasteiger partial charge >= 0.3 is 0 Å². The second-order valence-electron chi connectivity index (χ2n) is 2.19. The predicted molar refractivity (Wildman–Crippen MR) is 36.0 cm³/mol. The van der Waals surface area contributed by atoms with Crippen molar-refractivity contribution in [3.05, 3.63) is 33.9 Å². The van der Waals surface area contributed by atoms with Gasteiger partial charge < -0.3 is 0 Å². The maximum absolute atomic E-state index is 12.6. The quantitative estimate of drug-likeness (QED) is 0.341. The zero-order valence-corrected chi connectivity index (χ0v) is 6.65. The molecule has 0 aliphatic rings. The van der Waals surface area contributed by atoms with Crippen LogP contribution in [0.4, 0.5) is 17.6 Å². The van der Waals surface area contributed by atoms with Crippen molar-refractivity contribution in [2.75, 3.05) is 0 Å². The molecule has 1 rings (SSSR count). The Hall–Kier alpha value is -0.770. The second-order valence-corrected chi connectivity index (χ2v) is 2.57. The molecule has 0 spiro atoms. The van der Waals surface area contributed by atoms with Crippen LogP contribution in [0.25, 0.3) is 0 Å². The van der Waals surface area contributed by atoms with Gasteiger partial charge in [-0.1, -0.05) is 11.6 Å². The van der Waals surface area contributed by atoms with Crippen LogP contribution in [-0.2, 0) is 0 Å². The highest BCUT2D eigenvalue weighted by atomic mass is 35.5. The average molecular weight is 199 g/mol. The van der Waals surface area contributed by atoms with E-state index in [9.17, 15) is 17.6 Å². The van der Waals surface area contributed by atoms with E-state index in [2.05, 4.69) is 0 Å². The van der Waals surface area contributed by atoms with E-state index in [1.165, 1.54) is 0 Å². The van der Waals surface area contributed by atoms with Crippen LogP contribution >= 0.6 is 11.6 Å². The molecule has 0 nitrogen and oxygen atoms in total. The maximum Gasteiger partial charge on any atom is 0.199 e. The molecule has 0 unspecified atom stereocenters. The summed E-state index contributed by atoms with van der Waals surface area (Å²) in [4.78, 5) is 0. The monoisotopic (exact) mass is 198 g/mol. The second kappa shape index (κ2) is 2.94. The van der Waals surface area contributed by atoms with Crippen molar-refractivity contribution in [2.24, 2.45) is 0 Å². The van der Waals surface area contributed by atoms with E-state index >= 15 is 0 Å². The first-order valence-electron chi connectivity index (χ1n) is 2.94. The van der Waals surface area contributed by atoms with Gasteiger partial charge in [-0.15, -0.1) is 0 Å². The van der Waals surface area contributed by atoms with Crippen LogP contribution in [0.2, 0.25) is 5.02 Å². The van der Waals surface area contributed by atoms with Gasteiger partial charge in [-0.2, -0.15) is 0 Å². The first-order chi connectivity index (χ1) is 5.46. The fraction of sp³-hybridized carbons (Fsp3) is 0.143. The molecule has 1 aromatic rings. The summed E-state index contributed by atoms with van der Waals surface area (Å²) in [6.07, 6.45) is 0. The van der Waals surface area contributed by atoms with Crippen LogP contribution in [0, 0.1) is 30.2 Å². The number of benzene rings is 1. The summed E-state index contributed by atoms with van der Waals surface area (Å²) in [6.45, 7) is 1.06. The zero-order valence-electron chi connectivity index (χ0n) is 5.89. The van der Waals surface area contributed by atoms with E-state index in [0.29, 0.717) is 0 Å². The normalized spacial score (nSPS) is 10.5. The van der Waals surface area contributed by atoms with Crippen LogP contribution < -0.4 is 0 Å². The Balaban J connectivity index is 3.60. The molecular formula is C7H3ClF4. The molecule has 0 aliphatic heterocycles. The molecule has 0 N–H and O–H groups in total. The first-order valence-corrected chi connectivity index (χ1v) is 3.32. The average Bonchev–Trinajstić information content (AvgIpc) is 2.08. The summed E-state index contributed by atoms with van der Waals surface area (Å²) >= 11 is 5.14. The highest BCUT2D eigenvalue weighted by molar-refractivity contribution is 6.31. The molecule has 0 aliphatic carbocycles. The smallest absolute Gasteiger partial charge is 0.199 e. The molecule has 12 heavy (non-hydrogen) atoms. The fourth-order valence-electron chi connectivity index (χ4n) is 0.715. The lowest BCUT2D eigenvalue weighted by Gasteiger charge is -2.03. The topological polar surface area (TPSA) is 0 Å². The molecule has 0 heterocycles. The first kappa shape index (κ1) is 9.32. The van der Waals surface area contributed by atoms with Gasteiger partial charge in [0.1, 0.15) is 0 Å². The van der Waals surface area contributed by atoms with Crippen LogP contribution in [-0.4, -0.2) is 0 Å². The van der Waals surface area contributed by atoms with Crippen LogP contribution in [0.15, 0.2) is 0 Å². The largest absolute Gasteiger partial charge is 0.203 e. The minimum absolute atomic E-state index is 0.437. The van der Waals surface area contributed by atoms with Gasteiger partial charge in [-0.25, -0.2) is 17.6 Å². The van der Waals surface area contributed by atoms with Crippen molar-refractivity contribution < 1.29 is 17.6 Å². The number of halogens is 5. The van der Waals surface area contributed by atoms with Crippen LogP contribution in [0.5, 0.6) is 0 Å². The van der Waals surface area contributed by atoms with Crippen molar-refractivity contribution in [3.63, 3.8) is 0 Å². The summed E-state index contributed by atoms with van der Waals surface area (Å²) in [5, 5.41) is -0.730. The van der Waals surface area contributed by atoms with Gasteiger partial charge in [0.05, 0.1) is 5.02 Å². The fourth-order valence-corrected chi connectivity index (χ4v) is 0.881. The summed E-state index contributed by atoms with van der Waals surface area (Å²) in [5.41, 5.74) is -0.437. The van der Waals surface area contributed by atoms with Crippen molar-refractivity contribution in [2.45, 2.75) is 6.92 Å². The molecule has 0 radical (unpaired) electrons. The number of hydrogen-bond acceptors (Lipinski definition) is 0. The molecule has 0 aromatic heterocycles. The highest BCUT2D eigenvalue weighted by Crippen LogP contribution is 2.26. The van der Waals surface area contributed by atoms with E-state index in [1.807, 2.05) is 0 Å². The lowest BCUT2D eigenvalue weighted by Crippen LogP contribution is -1.99. The molecule has 5 heteroatoms. The molecule has 0 saturated carbocycles. The van der Waals surface area contributed by atoms with Crippen molar-refractivity contribution >= 4 is 11.6 Å². The van der Waals surface area contributed by atoms with E-state index in [0.717, 1.165) is 6.92 Å². The molecular weight excluding hydrogens is 196 g/mol. The lowest BCUT2D eigenvalue weighted by atomic mass is 10.2. The third kappa shape index (κ3) is 1.16. The van der Waals surface area contributed by atoms with Crippen molar-refractivity contribution in [3.8, 4) is 0 Å². The summed E-state index contributed by atoms with van der Waals surface area (Å²) in [7, 11) is 0. The summed E-state index contributed by atoms with van der Waals surface area (Å²) in [6, 6.07) is 0. The Morgan fingerprint density at radius 3 is 1.75 bits per heavy atom. The molecule has 0 saturated heterocycles. The Morgan fingerprint density at radius 1 is 0.833 bits per heavy atom. The van der Waals surface area contributed by atoms with Crippen molar-refractivity contribution in [1.29, 1.82) is 0 Å². The van der Waals surface area contributed by atoms with E-state index in [1.54, 1.807) is 0 Å². The maximum atomic E-state index is 12.6. The van der Waals surface area contributed by atoms with Crippen molar-refractivity contribution in [1.82, 2.24) is 0 Å². The third-order valence-electron chi connectivity index (χ3n) is 1.43. The Kier molecular flexibility index (Phi) is 2.28. The lowest BCUT2D eigenvalue weighted by molar-refractivity contribution is 0.406. The molecule has 1 aromatic carbocycles. The van der Waals surface area contributed by atoms with Crippen LogP contribution in [0.3, 0.4) is 0 Å². The molecule has 0 atom stereocenters. The molecule has 66 valence electrons. The SMILES string of the molecule is Cc1c(F)c(F)c(F)c(F)c1Cl. The van der Waals surface area contributed by atoms with E-state index < -0.39 is 33.9 Å². The zero-order chi connectivity index (χ0) is 9.46. The van der Waals surface area contributed by atoms with Gasteiger partial charge in [0.15, 0.2) is 23.3 Å². The molecule has 0 bridgehead atoms. The van der Waals surface area contributed by atoms with Gasteiger partial charge in [-0.05, 0) is 6.92 Å². The Morgan fingerprint density at radius 2 is 1.25 bits per heavy atom. The molecule has 0 amide bonds. The predicted octanol–water partition coefficient (Wildman–Crippen LogP) is 3.20. The minimum atomic E-state index is -1.89. The van der Waals surface area contributed by atoms with Gasteiger partial charge in [0.25, 0.3) is 0 Å². The van der Waals surface area contributed by atoms with Crippen LogP contribution in [0.1, 0.15) is 5.56 Å². The van der Waals surface area contributed by atoms with Gasteiger partial charge in [0.2, 0.25) is 0 Å². The Labute approximate surface area is 70.8 Å². The third-order valence-corrected chi connectivity index (χ3v) is 1.88. The summed E-state index contributed by atoms with van der Waals surface area (Å²) < 4.78 is 49.8. The molecule has 0 fully saturated rings. The summed E-state index contributed by atoms with van der Waals surface area (Å²) in [5.74, 6) is -6.75. The highest BCUT2D eigenvalue weighted by Gasteiger charge is 2.21. The minimum Gasteiger partial charge on any atom is -0.203 e. The van der Waals surface area contributed by atoms with E-state index in [-0.39, 0.29) is 0 Å². The number of rotatable bonds is 0. The standard InChI is InChI=1S/C7H3ClF4/c1-2-3(8)5(10)7(12)6(11)4(2)9/h1H3. The Bertz CT molecular complexity index is 230. The van der Waals surface area contributed by atoms with Gasteiger partial charge in [-0.3, -0.25) is 0 Å².